The molecule has 1 aliphatic carbocycles. The third kappa shape index (κ3) is 7.05. The van der Waals surface area contributed by atoms with Crippen LogP contribution in [0.5, 0.6) is 0 Å². The lowest BCUT2D eigenvalue weighted by Crippen LogP contribution is -2.41. The smallest absolute Gasteiger partial charge is 0.325 e. The summed E-state index contributed by atoms with van der Waals surface area (Å²) in [7, 11) is 0. The van der Waals surface area contributed by atoms with Crippen molar-refractivity contribution in [2.24, 2.45) is 5.41 Å². The predicted octanol–water partition coefficient (Wildman–Crippen LogP) is 5.64. The summed E-state index contributed by atoms with van der Waals surface area (Å²) in [5.74, 6) is -2.43. The Morgan fingerprint density at radius 1 is 0.731 bits per heavy atom. The fraction of sp³-hybridized carbons (Fsp3) is 0.773. The molecule has 0 aromatic heterocycles. The van der Waals surface area contributed by atoms with Gasteiger partial charge in [-0.1, -0.05) is 96.8 Å². The summed E-state index contributed by atoms with van der Waals surface area (Å²) in [5, 5.41) is 9.33. The van der Waals surface area contributed by atoms with Crippen molar-refractivity contribution in [2.45, 2.75) is 103 Å². The van der Waals surface area contributed by atoms with Gasteiger partial charge in [-0.3, -0.25) is 14.4 Å². The minimum Gasteiger partial charge on any atom is -0.480 e. The largest absolute Gasteiger partial charge is 0.480 e. The highest BCUT2D eigenvalue weighted by molar-refractivity contribution is 6.32. The molecule has 1 rings (SSSR count). The van der Waals surface area contributed by atoms with E-state index in [1.165, 1.54) is 64.2 Å². The average Bonchev–Trinajstić information content (AvgIpc) is 2.91. The number of carbonyl (C=O) groups excluding carboxylic acids is 2. The number of hydrogen-bond donors (Lipinski definition) is 1. The lowest BCUT2D eigenvalue weighted by atomic mass is 9.78. The first-order chi connectivity index (χ1) is 12.6. The maximum Gasteiger partial charge on any atom is 0.325 e. The van der Waals surface area contributed by atoms with Crippen molar-refractivity contribution >= 4 is 17.5 Å². The maximum atomic E-state index is 11.8. The third-order valence-corrected chi connectivity index (χ3v) is 5.50. The van der Waals surface area contributed by atoms with Gasteiger partial charge in [-0.25, -0.2) is 0 Å². The van der Waals surface area contributed by atoms with E-state index in [1.54, 1.807) is 0 Å². The van der Waals surface area contributed by atoms with E-state index in [0.717, 1.165) is 31.4 Å². The molecule has 0 saturated carbocycles. The molecule has 0 bridgehead atoms. The van der Waals surface area contributed by atoms with E-state index in [2.05, 4.69) is 6.92 Å². The number of carbonyl (C=O) groups is 3. The number of unbranched alkanes of at least 4 members (excludes halogenated alkanes) is 13. The lowest BCUT2D eigenvalue weighted by molar-refractivity contribution is -0.156. The Balaban J connectivity index is 1.99. The number of carboxylic acids is 1. The van der Waals surface area contributed by atoms with Crippen molar-refractivity contribution in [3.63, 3.8) is 0 Å². The van der Waals surface area contributed by atoms with Crippen LogP contribution in [0.3, 0.4) is 0 Å². The molecule has 0 heterocycles. The minimum atomic E-state index is -1.82. The van der Waals surface area contributed by atoms with Crippen molar-refractivity contribution in [3.8, 4) is 0 Å². The van der Waals surface area contributed by atoms with Crippen LogP contribution < -0.4 is 0 Å². The molecular formula is C22H36O4. The van der Waals surface area contributed by atoms with Gasteiger partial charge in [0.15, 0.2) is 17.0 Å². The zero-order valence-electron chi connectivity index (χ0n) is 16.4. The van der Waals surface area contributed by atoms with Crippen LogP contribution >= 0.6 is 0 Å². The average molecular weight is 365 g/mol. The van der Waals surface area contributed by atoms with E-state index in [4.69, 9.17) is 0 Å². The Labute approximate surface area is 158 Å². The van der Waals surface area contributed by atoms with Crippen molar-refractivity contribution in [1.82, 2.24) is 0 Å². The zero-order chi connectivity index (χ0) is 19.3. The summed E-state index contributed by atoms with van der Waals surface area (Å²) in [6.45, 7) is 2.25. The Hall–Kier alpha value is -1.45. The highest BCUT2D eigenvalue weighted by atomic mass is 16.4. The van der Waals surface area contributed by atoms with Crippen molar-refractivity contribution in [2.75, 3.05) is 0 Å². The summed E-state index contributed by atoms with van der Waals surface area (Å²) in [6.07, 6.45) is 19.4. The molecule has 0 aromatic carbocycles. The number of hydrogen-bond acceptors (Lipinski definition) is 3. The van der Waals surface area contributed by atoms with Crippen LogP contribution in [0.15, 0.2) is 12.2 Å². The summed E-state index contributed by atoms with van der Waals surface area (Å²) < 4.78 is 0. The number of ketones is 2. The second-order valence-corrected chi connectivity index (χ2v) is 7.62. The van der Waals surface area contributed by atoms with E-state index < -0.39 is 23.0 Å². The first-order valence-electron chi connectivity index (χ1n) is 10.6. The Morgan fingerprint density at radius 2 is 1.08 bits per heavy atom. The molecule has 148 valence electrons. The monoisotopic (exact) mass is 364 g/mol. The molecule has 0 amide bonds. The minimum absolute atomic E-state index is 0.130. The van der Waals surface area contributed by atoms with Crippen LogP contribution in [0, 0.1) is 5.41 Å². The molecule has 0 atom stereocenters. The molecular weight excluding hydrogens is 328 g/mol. The first-order valence-corrected chi connectivity index (χ1v) is 10.6. The number of rotatable bonds is 16. The summed E-state index contributed by atoms with van der Waals surface area (Å²) >= 11 is 0. The SMILES string of the molecule is CCCCCCCCCCCCCCCCC1(C(=O)O)C(=O)C=CC1=O. The standard InChI is InChI=1S/C22H36O4/c1-2-3-4-5-6-7-8-9-10-11-12-13-14-15-18-22(21(25)26)19(23)16-17-20(22)24/h16-17H,2-15,18H2,1H3,(H,25,26). The van der Waals surface area contributed by atoms with Crippen LogP contribution in [0.1, 0.15) is 103 Å². The van der Waals surface area contributed by atoms with E-state index in [-0.39, 0.29) is 6.42 Å². The predicted molar refractivity (Wildman–Crippen MR) is 104 cm³/mol. The molecule has 0 spiro atoms. The van der Waals surface area contributed by atoms with Crippen molar-refractivity contribution in [3.05, 3.63) is 12.2 Å². The van der Waals surface area contributed by atoms with Gasteiger partial charge in [0, 0.05) is 0 Å². The van der Waals surface area contributed by atoms with Crippen LogP contribution in [-0.4, -0.2) is 22.6 Å². The number of aliphatic carboxylic acids is 1. The summed E-state index contributed by atoms with van der Waals surface area (Å²) in [6, 6.07) is 0. The highest BCUT2D eigenvalue weighted by Gasteiger charge is 2.52. The second-order valence-electron chi connectivity index (χ2n) is 7.62. The third-order valence-electron chi connectivity index (χ3n) is 5.50. The van der Waals surface area contributed by atoms with Crippen molar-refractivity contribution < 1.29 is 19.5 Å². The fourth-order valence-electron chi connectivity index (χ4n) is 3.71. The fourth-order valence-corrected chi connectivity index (χ4v) is 3.71. The Bertz CT molecular complexity index is 461. The molecule has 26 heavy (non-hydrogen) atoms. The molecule has 1 aliphatic rings. The van der Waals surface area contributed by atoms with Gasteiger partial charge >= 0.3 is 5.97 Å². The molecule has 1 N–H and O–H groups in total. The molecule has 0 radical (unpaired) electrons. The van der Waals surface area contributed by atoms with Crippen LogP contribution in [0.2, 0.25) is 0 Å². The molecule has 0 fully saturated rings. The van der Waals surface area contributed by atoms with Gasteiger partial charge in [0.05, 0.1) is 0 Å². The Morgan fingerprint density at radius 3 is 1.42 bits per heavy atom. The van der Waals surface area contributed by atoms with Crippen LogP contribution in [-0.2, 0) is 14.4 Å². The van der Waals surface area contributed by atoms with Gasteiger partial charge in [0.25, 0.3) is 0 Å². The van der Waals surface area contributed by atoms with Gasteiger partial charge < -0.3 is 5.11 Å². The summed E-state index contributed by atoms with van der Waals surface area (Å²) in [4.78, 5) is 35.1. The molecule has 0 aromatic rings. The van der Waals surface area contributed by atoms with Crippen molar-refractivity contribution in [1.29, 1.82) is 0 Å². The number of carboxylic acid groups (broad SMARTS) is 1. The van der Waals surface area contributed by atoms with Gasteiger partial charge in [0.1, 0.15) is 0 Å². The van der Waals surface area contributed by atoms with Gasteiger partial charge in [-0.15, -0.1) is 0 Å². The van der Waals surface area contributed by atoms with Gasteiger partial charge in [0.2, 0.25) is 0 Å². The molecule has 0 saturated heterocycles. The van der Waals surface area contributed by atoms with Crippen LogP contribution in [0.4, 0.5) is 0 Å². The second kappa shape index (κ2) is 12.8. The quantitative estimate of drug-likeness (QED) is 0.284. The Kier molecular flexibility index (Phi) is 11.1. The zero-order valence-corrected chi connectivity index (χ0v) is 16.4. The molecule has 0 aliphatic heterocycles. The first kappa shape index (κ1) is 22.6. The van der Waals surface area contributed by atoms with Gasteiger partial charge in [-0.05, 0) is 18.6 Å². The van der Waals surface area contributed by atoms with E-state index in [1.807, 2.05) is 0 Å². The van der Waals surface area contributed by atoms with E-state index in [9.17, 15) is 19.5 Å². The molecule has 4 heteroatoms. The van der Waals surface area contributed by atoms with E-state index in [0.29, 0.717) is 6.42 Å². The summed E-state index contributed by atoms with van der Waals surface area (Å²) in [5.41, 5.74) is -1.82. The van der Waals surface area contributed by atoms with Crippen LogP contribution in [0.25, 0.3) is 0 Å². The maximum absolute atomic E-state index is 11.8. The highest BCUT2D eigenvalue weighted by Crippen LogP contribution is 2.33. The molecule has 0 unspecified atom stereocenters. The van der Waals surface area contributed by atoms with E-state index >= 15 is 0 Å². The normalized spacial score (nSPS) is 15.7. The topological polar surface area (TPSA) is 71.4 Å². The molecule has 4 nitrogen and oxygen atoms in total. The lowest BCUT2D eigenvalue weighted by Gasteiger charge is -2.20. The van der Waals surface area contributed by atoms with Gasteiger partial charge in [-0.2, -0.15) is 0 Å². The number of allylic oxidation sites excluding steroid dienone is 2.